The SMILES string of the molecule is CC(C)c1cccc(S(=O)O)c1.[KH]. The van der Waals surface area contributed by atoms with E-state index in [4.69, 9.17) is 4.55 Å². The maximum atomic E-state index is 10.7. The summed E-state index contributed by atoms with van der Waals surface area (Å²) in [5, 5.41) is 0. The Kier molecular flexibility index (Phi) is 6.93. The van der Waals surface area contributed by atoms with Gasteiger partial charge in [0.05, 0.1) is 4.90 Å². The van der Waals surface area contributed by atoms with Gasteiger partial charge in [-0.3, -0.25) is 0 Å². The summed E-state index contributed by atoms with van der Waals surface area (Å²) in [5.41, 5.74) is 1.09. The van der Waals surface area contributed by atoms with E-state index in [2.05, 4.69) is 13.8 Å². The monoisotopic (exact) mass is 224 g/mol. The summed E-state index contributed by atoms with van der Waals surface area (Å²) in [4.78, 5) is 0.473. The van der Waals surface area contributed by atoms with Gasteiger partial charge in [0.15, 0.2) is 11.1 Å². The van der Waals surface area contributed by atoms with Crippen LogP contribution in [0.3, 0.4) is 0 Å². The molecule has 1 unspecified atom stereocenters. The fraction of sp³-hybridized carbons (Fsp3) is 0.333. The molecule has 68 valence electrons. The first-order valence-electron chi connectivity index (χ1n) is 3.82. The van der Waals surface area contributed by atoms with Crippen LogP contribution in [0.4, 0.5) is 0 Å². The summed E-state index contributed by atoms with van der Waals surface area (Å²) in [6, 6.07) is 7.18. The van der Waals surface area contributed by atoms with E-state index in [0.29, 0.717) is 10.8 Å². The fourth-order valence-corrected chi connectivity index (χ4v) is 1.41. The number of hydrogen-bond donors (Lipinski definition) is 1. The third-order valence-corrected chi connectivity index (χ3v) is 2.38. The quantitative estimate of drug-likeness (QED) is 0.614. The Morgan fingerprint density at radius 3 is 2.46 bits per heavy atom. The molecular weight excluding hydrogens is 211 g/mol. The van der Waals surface area contributed by atoms with Crippen molar-refractivity contribution in [3.05, 3.63) is 29.8 Å². The Labute approximate surface area is 124 Å². The molecular formula is C9H13KO2S. The molecule has 1 aromatic rings. The van der Waals surface area contributed by atoms with Crippen LogP contribution >= 0.6 is 0 Å². The van der Waals surface area contributed by atoms with E-state index in [-0.39, 0.29) is 51.4 Å². The van der Waals surface area contributed by atoms with Gasteiger partial charge in [-0.05, 0) is 23.6 Å². The third-order valence-electron chi connectivity index (χ3n) is 1.73. The summed E-state index contributed by atoms with van der Waals surface area (Å²) < 4.78 is 19.5. The van der Waals surface area contributed by atoms with Crippen LogP contribution in [0.5, 0.6) is 0 Å². The van der Waals surface area contributed by atoms with Crippen LogP contribution in [0.1, 0.15) is 25.3 Å². The van der Waals surface area contributed by atoms with Crippen LogP contribution in [0.2, 0.25) is 0 Å². The van der Waals surface area contributed by atoms with Gasteiger partial charge in [0, 0.05) is 0 Å². The molecule has 1 rings (SSSR count). The van der Waals surface area contributed by atoms with Crippen molar-refractivity contribution < 1.29 is 8.76 Å². The van der Waals surface area contributed by atoms with Crippen molar-refractivity contribution in [3.63, 3.8) is 0 Å². The van der Waals surface area contributed by atoms with Gasteiger partial charge in [-0.1, -0.05) is 26.0 Å². The van der Waals surface area contributed by atoms with Crippen molar-refractivity contribution in [2.24, 2.45) is 0 Å². The van der Waals surface area contributed by atoms with Crippen molar-refractivity contribution >= 4 is 62.5 Å². The molecule has 0 bridgehead atoms. The molecule has 2 nitrogen and oxygen atoms in total. The molecule has 0 saturated heterocycles. The van der Waals surface area contributed by atoms with Gasteiger partial charge in [0.2, 0.25) is 0 Å². The first kappa shape index (κ1) is 14.0. The Bertz CT molecular complexity index is 299. The molecule has 0 fully saturated rings. The van der Waals surface area contributed by atoms with Crippen LogP contribution in [-0.4, -0.2) is 60.1 Å². The summed E-state index contributed by atoms with van der Waals surface area (Å²) in [7, 11) is 0. The van der Waals surface area contributed by atoms with Gasteiger partial charge in [-0.15, -0.1) is 0 Å². The molecule has 0 aliphatic rings. The van der Waals surface area contributed by atoms with Crippen molar-refractivity contribution in [1.29, 1.82) is 0 Å². The van der Waals surface area contributed by atoms with Crippen LogP contribution in [0.25, 0.3) is 0 Å². The zero-order valence-corrected chi connectivity index (χ0v) is 7.97. The molecule has 0 heterocycles. The van der Waals surface area contributed by atoms with Gasteiger partial charge in [-0.25, -0.2) is 4.21 Å². The van der Waals surface area contributed by atoms with Crippen molar-refractivity contribution in [2.45, 2.75) is 24.7 Å². The molecule has 0 saturated carbocycles. The first-order valence-corrected chi connectivity index (χ1v) is 4.92. The summed E-state index contributed by atoms with van der Waals surface area (Å²) in [6.07, 6.45) is 0. The summed E-state index contributed by atoms with van der Waals surface area (Å²) >= 11 is -1.86. The van der Waals surface area contributed by atoms with Crippen molar-refractivity contribution in [1.82, 2.24) is 0 Å². The Balaban J connectivity index is 0.00000144. The van der Waals surface area contributed by atoms with Crippen molar-refractivity contribution in [2.75, 3.05) is 0 Å². The Hall–Kier alpha value is 0.966. The normalized spacial score (nSPS) is 12.3. The second kappa shape index (κ2) is 6.45. The van der Waals surface area contributed by atoms with E-state index in [1.807, 2.05) is 6.07 Å². The minimum absolute atomic E-state index is 0. The van der Waals surface area contributed by atoms with E-state index in [1.54, 1.807) is 18.2 Å². The zero-order valence-electron chi connectivity index (χ0n) is 7.15. The van der Waals surface area contributed by atoms with Gasteiger partial charge >= 0.3 is 51.4 Å². The van der Waals surface area contributed by atoms with Crippen LogP contribution in [0, 0.1) is 0 Å². The fourth-order valence-electron chi connectivity index (χ4n) is 0.982. The Morgan fingerprint density at radius 2 is 2.00 bits per heavy atom. The van der Waals surface area contributed by atoms with Gasteiger partial charge in [0.25, 0.3) is 0 Å². The summed E-state index contributed by atoms with van der Waals surface area (Å²) in [6.45, 7) is 4.11. The second-order valence-electron chi connectivity index (χ2n) is 2.98. The van der Waals surface area contributed by atoms with Crippen LogP contribution < -0.4 is 0 Å². The number of rotatable bonds is 2. The zero-order chi connectivity index (χ0) is 9.14. The predicted octanol–water partition coefficient (Wildman–Crippen LogP) is 1.74. The third kappa shape index (κ3) is 4.33. The van der Waals surface area contributed by atoms with E-state index in [9.17, 15) is 4.21 Å². The van der Waals surface area contributed by atoms with E-state index in [0.717, 1.165) is 5.56 Å². The molecule has 4 heteroatoms. The molecule has 0 amide bonds. The molecule has 0 aliphatic heterocycles. The maximum absolute atomic E-state index is 10.7. The van der Waals surface area contributed by atoms with E-state index in [1.165, 1.54) is 0 Å². The second-order valence-corrected chi connectivity index (χ2v) is 3.95. The molecule has 0 aromatic heterocycles. The molecule has 0 radical (unpaired) electrons. The average molecular weight is 224 g/mol. The molecule has 1 atom stereocenters. The standard InChI is InChI=1S/C9H12O2S.K.H/c1-7(2)8-4-3-5-9(6-8)12(10)11;;/h3-7H,1-2H3,(H,10,11);;. The van der Waals surface area contributed by atoms with Gasteiger partial charge < -0.3 is 4.55 Å². The molecule has 0 spiro atoms. The molecule has 13 heavy (non-hydrogen) atoms. The van der Waals surface area contributed by atoms with Crippen LogP contribution in [0.15, 0.2) is 29.2 Å². The first-order chi connectivity index (χ1) is 5.61. The van der Waals surface area contributed by atoms with Gasteiger partial charge in [-0.2, -0.15) is 0 Å². The van der Waals surface area contributed by atoms with Crippen LogP contribution in [-0.2, 0) is 11.1 Å². The molecule has 0 aliphatic carbocycles. The number of benzene rings is 1. The summed E-state index contributed by atoms with van der Waals surface area (Å²) in [5.74, 6) is 0.397. The molecule has 1 N–H and O–H groups in total. The molecule has 1 aromatic carbocycles. The number of hydrogen-bond acceptors (Lipinski definition) is 1. The topological polar surface area (TPSA) is 37.3 Å². The minimum atomic E-state index is -1.86. The average Bonchev–Trinajstić information content (AvgIpc) is 2.04. The van der Waals surface area contributed by atoms with E-state index >= 15 is 0 Å². The van der Waals surface area contributed by atoms with Crippen molar-refractivity contribution in [3.8, 4) is 0 Å². The Morgan fingerprint density at radius 1 is 1.38 bits per heavy atom. The van der Waals surface area contributed by atoms with E-state index < -0.39 is 11.1 Å². The predicted molar refractivity (Wildman–Crippen MR) is 56.7 cm³/mol. The van der Waals surface area contributed by atoms with Gasteiger partial charge in [0.1, 0.15) is 0 Å².